The Kier molecular flexibility index (Phi) is 8.93. The fraction of sp³-hybridized carbons (Fsp3) is 0.538. The zero-order valence-corrected chi connectivity index (χ0v) is 20.0. The minimum Gasteiger partial charge on any atom is -0.507 e. The number of allylic oxidation sites excluding steroid dienone is 3. The van der Waals surface area contributed by atoms with Crippen molar-refractivity contribution in [3.63, 3.8) is 0 Å². The van der Waals surface area contributed by atoms with Crippen LogP contribution >= 0.6 is 0 Å². The van der Waals surface area contributed by atoms with Crippen molar-refractivity contribution in [3.05, 3.63) is 46.6 Å². The highest BCUT2D eigenvalue weighted by molar-refractivity contribution is 6.01. The van der Waals surface area contributed by atoms with E-state index in [0.29, 0.717) is 17.5 Å². The van der Waals surface area contributed by atoms with E-state index < -0.39 is 17.9 Å². The molecule has 1 aliphatic rings. The number of esters is 1. The van der Waals surface area contributed by atoms with Crippen LogP contribution in [-0.4, -0.2) is 35.2 Å². The first-order valence-electron chi connectivity index (χ1n) is 11.4. The summed E-state index contributed by atoms with van der Waals surface area (Å²) in [4.78, 5) is 25.0. The Morgan fingerprint density at radius 3 is 2.59 bits per heavy atom. The summed E-state index contributed by atoms with van der Waals surface area (Å²) in [6.07, 6.45) is 7.16. The molecule has 6 heteroatoms. The molecule has 0 spiro atoms. The summed E-state index contributed by atoms with van der Waals surface area (Å²) in [5.74, 6) is -1.61. The maximum absolute atomic E-state index is 13.2. The van der Waals surface area contributed by atoms with Gasteiger partial charge in [0, 0.05) is 11.5 Å². The lowest BCUT2D eigenvalue weighted by Crippen LogP contribution is -2.39. The van der Waals surface area contributed by atoms with Crippen molar-refractivity contribution in [1.29, 1.82) is 0 Å². The summed E-state index contributed by atoms with van der Waals surface area (Å²) in [6.45, 7) is 11.7. The smallest absolute Gasteiger partial charge is 0.328 e. The van der Waals surface area contributed by atoms with Gasteiger partial charge >= 0.3 is 5.97 Å². The van der Waals surface area contributed by atoms with Gasteiger partial charge in [0.15, 0.2) is 0 Å². The number of aryl methyl sites for hydroxylation is 1. The predicted octanol–water partition coefficient (Wildman–Crippen LogP) is 5.14. The van der Waals surface area contributed by atoms with E-state index in [-0.39, 0.29) is 28.9 Å². The molecule has 0 bridgehead atoms. The van der Waals surface area contributed by atoms with Crippen LogP contribution in [0.1, 0.15) is 87.2 Å². The maximum Gasteiger partial charge on any atom is 0.328 e. The third kappa shape index (κ3) is 5.72. The van der Waals surface area contributed by atoms with Crippen LogP contribution in [0.15, 0.2) is 29.9 Å². The number of nitrogens with one attached hydrogen (secondary N) is 1. The van der Waals surface area contributed by atoms with Crippen molar-refractivity contribution < 1.29 is 24.5 Å². The third-order valence-electron chi connectivity index (χ3n) is 6.29. The van der Waals surface area contributed by atoms with Gasteiger partial charge < -0.3 is 20.3 Å². The summed E-state index contributed by atoms with van der Waals surface area (Å²) in [5.41, 5.74) is 3.16. The first-order chi connectivity index (χ1) is 15.1. The Bertz CT molecular complexity index is 902. The second-order valence-electron chi connectivity index (χ2n) is 8.90. The number of hydrogen-bond donors (Lipinski definition) is 3. The lowest BCUT2D eigenvalue weighted by molar-refractivity contribution is -0.142. The molecule has 0 fully saturated rings. The number of hydrogen-bond acceptors (Lipinski definition) is 5. The fourth-order valence-electron chi connectivity index (χ4n) is 4.48. The number of benzene rings is 1. The number of phenolic OH excluding ortho intramolecular Hbond substituents is 2. The van der Waals surface area contributed by atoms with Crippen LogP contribution in [0.5, 0.6) is 11.5 Å². The molecule has 0 aliphatic heterocycles. The van der Waals surface area contributed by atoms with Gasteiger partial charge in [-0.2, -0.15) is 0 Å². The summed E-state index contributed by atoms with van der Waals surface area (Å²) in [5, 5.41) is 24.9. The minimum atomic E-state index is -0.868. The van der Waals surface area contributed by atoms with E-state index in [4.69, 9.17) is 4.74 Å². The van der Waals surface area contributed by atoms with Gasteiger partial charge in [0.2, 0.25) is 0 Å². The highest BCUT2D eigenvalue weighted by atomic mass is 16.5. The molecule has 1 aliphatic carbocycles. The molecule has 0 radical (unpaired) electrons. The predicted molar refractivity (Wildman–Crippen MR) is 126 cm³/mol. The molecular formula is C26H37NO5. The van der Waals surface area contributed by atoms with Crippen LogP contribution in [0.2, 0.25) is 0 Å². The number of aromatic hydroxyl groups is 2. The quantitative estimate of drug-likeness (QED) is 0.279. The largest absolute Gasteiger partial charge is 0.507 e. The maximum atomic E-state index is 13.2. The Hall–Kier alpha value is -2.76. The van der Waals surface area contributed by atoms with E-state index in [9.17, 15) is 19.8 Å². The number of rotatable bonds is 9. The van der Waals surface area contributed by atoms with E-state index in [2.05, 4.69) is 18.8 Å². The van der Waals surface area contributed by atoms with Gasteiger partial charge in [0.1, 0.15) is 17.5 Å². The Balaban J connectivity index is 2.60. The number of ether oxygens (including phenoxy) is 1. The summed E-state index contributed by atoms with van der Waals surface area (Å²) < 4.78 is 4.71. The van der Waals surface area contributed by atoms with Gasteiger partial charge in [-0.1, -0.05) is 43.6 Å². The monoisotopic (exact) mass is 443 g/mol. The average Bonchev–Trinajstić information content (AvgIpc) is 2.72. The van der Waals surface area contributed by atoms with Gasteiger partial charge in [-0.15, -0.1) is 0 Å². The SMILES string of the molecule is C=C(C)[C@H]1CCC(C)=C[C@@H]1c1c(O)cc(CCCCC)c(C(=O)N[C@@H](C)C(=O)OC)c1O. The van der Waals surface area contributed by atoms with Crippen LogP contribution in [0.4, 0.5) is 0 Å². The average molecular weight is 444 g/mol. The van der Waals surface area contributed by atoms with Gasteiger partial charge in [0.05, 0.1) is 12.7 Å². The van der Waals surface area contributed by atoms with Crippen molar-refractivity contribution in [3.8, 4) is 11.5 Å². The number of amides is 1. The van der Waals surface area contributed by atoms with E-state index in [1.54, 1.807) is 6.07 Å². The molecule has 0 heterocycles. The molecule has 32 heavy (non-hydrogen) atoms. The Morgan fingerprint density at radius 1 is 1.31 bits per heavy atom. The first kappa shape index (κ1) is 25.5. The van der Waals surface area contributed by atoms with Crippen molar-refractivity contribution in [1.82, 2.24) is 5.32 Å². The molecule has 0 saturated carbocycles. The van der Waals surface area contributed by atoms with Crippen molar-refractivity contribution in [2.45, 2.75) is 78.2 Å². The molecule has 1 amide bonds. The van der Waals surface area contributed by atoms with E-state index in [1.165, 1.54) is 19.6 Å². The fourth-order valence-corrected chi connectivity index (χ4v) is 4.48. The number of unbranched alkanes of at least 4 members (excludes halogenated alkanes) is 2. The van der Waals surface area contributed by atoms with Crippen LogP contribution in [0.25, 0.3) is 0 Å². The van der Waals surface area contributed by atoms with Crippen LogP contribution in [-0.2, 0) is 16.0 Å². The molecule has 176 valence electrons. The Morgan fingerprint density at radius 2 is 2.00 bits per heavy atom. The van der Waals surface area contributed by atoms with Crippen molar-refractivity contribution in [2.24, 2.45) is 5.92 Å². The standard InChI is InChI=1S/C26H37NO5/c1-7-8-9-10-18-14-21(28)23(20-13-16(4)11-12-19(20)15(2)3)24(29)22(18)25(30)27-17(5)26(31)32-6/h13-14,17,19-20,28-29H,2,7-12H2,1,3-6H3,(H,27,30)/t17-,19+,20-/m0/s1. The van der Waals surface area contributed by atoms with Gasteiger partial charge in [0.25, 0.3) is 5.91 Å². The van der Waals surface area contributed by atoms with E-state index in [0.717, 1.165) is 37.7 Å². The molecule has 1 aromatic rings. The number of carbonyl (C=O) groups excluding carboxylic acids is 2. The zero-order chi connectivity index (χ0) is 24.0. The molecular weight excluding hydrogens is 406 g/mol. The van der Waals surface area contributed by atoms with Crippen LogP contribution < -0.4 is 5.32 Å². The molecule has 3 atom stereocenters. The first-order valence-corrected chi connectivity index (χ1v) is 11.4. The van der Waals surface area contributed by atoms with Gasteiger partial charge in [-0.05, 0) is 64.0 Å². The number of phenols is 2. The molecule has 1 aromatic carbocycles. The molecule has 0 aromatic heterocycles. The van der Waals surface area contributed by atoms with E-state index in [1.807, 2.05) is 19.9 Å². The second-order valence-corrected chi connectivity index (χ2v) is 8.90. The normalized spacial score (nSPS) is 19.1. The minimum absolute atomic E-state index is 0.0197. The third-order valence-corrected chi connectivity index (χ3v) is 6.29. The Labute approximate surface area is 191 Å². The molecule has 2 rings (SSSR count). The van der Waals surface area contributed by atoms with Crippen molar-refractivity contribution in [2.75, 3.05) is 7.11 Å². The lowest BCUT2D eigenvalue weighted by atomic mass is 9.73. The van der Waals surface area contributed by atoms with Gasteiger partial charge in [-0.25, -0.2) is 4.79 Å². The van der Waals surface area contributed by atoms with Crippen LogP contribution in [0, 0.1) is 5.92 Å². The lowest BCUT2D eigenvalue weighted by Gasteiger charge is -2.32. The van der Waals surface area contributed by atoms with E-state index >= 15 is 0 Å². The number of methoxy groups -OCH3 is 1. The molecule has 0 saturated heterocycles. The molecule has 6 nitrogen and oxygen atoms in total. The highest BCUT2D eigenvalue weighted by Gasteiger charge is 2.33. The zero-order valence-electron chi connectivity index (χ0n) is 20.0. The molecule has 0 unspecified atom stereocenters. The van der Waals surface area contributed by atoms with Crippen LogP contribution in [0.3, 0.4) is 0 Å². The summed E-state index contributed by atoms with van der Waals surface area (Å²) in [6, 6.07) is 0.725. The summed E-state index contributed by atoms with van der Waals surface area (Å²) in [7, 11) is 1.26. The van der Waals surface area contributed by atoms with Gasteiger partial charge in [-0.3, -0.25) is 4.79 Å². The highest BCUT2D eigenvalue weighted by Crippen LogP contribution is 2.48. The summed E-state index contributed by atoms with van der Waals surface area (Å²) >= 11 is 0. The topological polar surface area (TPSA) is 95.9 Å². The van der Waals surface area contributed by atoms with Crippen molar-refractivity contribution >= 4 is 11.9 Å². The number of carbonyl (C=O) groups is 2. The second kappa shape index (κ2) is 11.2. The molecule has 3 N–H and O–H groups in total.